The molecule has 2 aromatic rings. The Morgan fingerprint density at radius 3 is 2.35 bits per heavy atom. The quantitative estimate of drug-likeness (QED) is 0.581. The highest BCUT2D eigenvalue weighted by atomic mass is 79.9. The Bertz CT molecular complexity index is 670. The van der Waals surface area contributed by atoms with Crippen molar-refractivity contribution in [1.29, 1.82) is 0 Å². The standard InChI is InChI=1S/C19H21BrN2O/c1-4-14(2)19(3,16-10-12-17(20)13-11-16)22-21-18(23)15-8-6-5-7-9-15/h4-14,22H,1H2,2-3H3,(H,21,23)/t14-,19-/m0/s1. The normalized spacial score (nSPS) is 14.6. The molecule has 23 heavy (non-hydrogen) atoms. The van der Waals surface area contributed by atoms with Crippen molar-refractivity contribution in [2.45, 2.75) is 19.4 Å². The van der Waals surface area contributed by atoms with Gasteiger partial charge < -0.3 is 0 Å². The number of hydrogen-bond acceptors (Lipinski definition) is 2. The molecule has 2 atom stereocenters. The summed E-state index contributed by atoms with van der Waals surface area (Å²) in [7, 11) is 0. The molecule has 0 aromatic heterocycles. The van der Waals surface area contributed by atoms with Crippen molar-refractivity contribution >= 4 is 21.8 Å². The van der Waals surface area contributed by atoms with Gasteiger partial charge in [-0.05, 0) is 42.7 Å². The highest BCUT2D eigenvalue weighted by molar-refractivity contribution is 9.10. The zero-order valence-electron chi connectivity index (χ0n) is 13.3. The van der Waals surface area contributed by atoms with Crippen LogP contribution in [0.4, 0.5) is 0 Å². The lowest BCUT2D eigenvalue weighted by atomic mass is 9.81. The third-order valence-corrected chi connectivity index (χ3v) is 4.71. The molecule has 1 amide bonds. The van der Waals surface area contributed by atoms with Gasteiger partial charge >= 0.3 is 0 Å². The molecule has 0 spiro atoms. The molecule has 0 radical (unpaired) electrons. The number of hydrazine groups is 1. The van der Waals surface area contributed by atoms with E-state index in [1.807, 2.05) is 55.5 Å². The van der Waals surface area contributed by atoms with Crippen molar-refractivity contribution in [2.24, 2.45) is 5.92 Å². The number of carbonyl (C=O) groups is 1. The van der Waals surface area contributed by atoms with E-state index >= 15 is 0 Å². The molecule has 4 heteroatoms. The van der Waals surface area contributed by atoms with Gasteiger partial charge in [-0.1, -0.05) is 59.3 Å². The summed E-state index contributed by atoms with van der Waals surface area (Å²) in [6, 6.07) is 17.2. The van der Waals surface area contributed by atoms with E-state index in [1.165, 1.54) is 0 Å². The number of amides is 1. The number of benzene rings is 2. The van der Waals surface area contributed by atoms with Crippen molar-refractivity contribution < 1.29 is 4.79 Å². The van der Waals surface area contributed by atoms with Crippen LogP contribution in [0.1, 0.15) is 29.8 Å². The number of rotatable bonds is 6. The highest BCUT2D eigenvalue weighted by Crippen LogP contribution is 2.30. The summed E-state index contributed by atoms with van der Waals surface area (Å²) in [6.07, 6.45) is 1.88. The van der Waals surface area contributed by atoms with E-state index in [9.17, 15) is 4.79 Å². The summed E-state index contributed by atoms with van der Waals surface area (Å²) in [6.45, 7) is 8.01. The number of carbonyl (C=O) groups excluding carboxylic acids is 1. The lowest BCUT2D eigenvalue weighted by Gasteiger charge is -2.36. The minimum absolute atomic E-state index is 0.111. The average Bonchev–Trinajstić information content (AvgIpc) is 2.60. The summed E-state index contributed by atoms with van der Waals surface area (Å²) in [5, 5.41) is 0. The van der Waals surface area contributed by atoms with Crippen molar-refractivity contribution in [1.82, 2.24) is 10.9 Å². The van der Waals surface area contributed by atoms with Gasteiger partial charge in [-0.2, -0.15) is 0 Å². The van der Waals surface area contributed by atoms with Crippen LogP contribution in [0.5, 0.6) is 0 Å². The number of hydrogen-bond donors (Lipinski definition) is 2. The van der Waals surface area contributed by atoms with Crippen molar-refractivity contribution in [3.05, 3.63) is 82.9 Å². The van der Waals surface area contributed by atoms with Crippen LogP contribution < -0.4 is 10.9 Å². The summed E-state index contributed by atoms with van der Waals surface area (Å²) < 4.78 is 1.02. The van der Waals surface area contributed by atoms with Crippen LogP contribution in [-0.4, -0.2) is 5.91 Å². The van der Waals surface area contributed by atoms with Crippen LogP contribution in [0.25, 0.3) is 0 Å². The van der Waals surface area contributed by atoms with Gasteiger partial charge in [-0.25, -0.2) is 5.43 Å². The second-order valence-corrected chi connectivity index (χ2v) is 6.59. The Kier molecular flexibility index (Phi) is 5.74. The molecular formula is C19H21BrN2O. The van der Waals surface area contributed by atoms with Crippen molar-refractivity contribution in [3.8, 4) is 0 Å². The smallest absolute Gasteiger partial charge is 0.265 e. The van der Waals surface area contributed by atoms with Crippen LogP contribution in [0.2, 0.25) is 0 Å². The second-order valence-electron chi connectivity index (χ2n) is 5.68. The Morgan fingerprint density at radius 2 is 1.78 bits per heavy atom. The van der Waals surface area contributed by atoms with E-state index in [0.29, 0.717) is 5.56 Å². The van der Waals surface area contributed by atoms with Gasteiger partial charge in [0.1, 0.15) is 0 Å². The molecule has 120 valence electrons. The van der Waals surface area contributed by atoms with E-state index < -0.39 is 5.54 Å². The molecule has 0 bridgehead atoms. The Morgan fingerprint density at radius 1 is 1.17 bits per heavy atom. The zero-order valence-corrected chi connectivity index (χ0v) is 14.9. The molecule has 0 saturated heterocycles. The van der Waals surface area contributed by atoms with E-state index in [2.05, 4.69) is 40.3 Å². The van der Waals surface area contributed by atoms with Gasteiger partial charge in [0.2, 0.25) is 0 Å². The first-order valence-corrected chi connectivity index (χ1v) is 8.28. The predicted molar refractivity (Wildman–Crippen MR) is 97.9 cm³/mol. The molecule has 0 aliphatic carbocycles. The van der Waals surface area contributed by atoms with Gasteiger partial charge in [-0.15, -0.1) is 6.58 Å². The van der Waals surface area contributed by atoms with Gasteiger partial charge in [0.25, 0.3) is 5.91 Å². The first kappa shape index (κ1) is 17.4. The minimum atomic E-state index is -0.465. The summed E-state index contributed by atoms with van der Waals surface area (Å²) in [4.78, 5) is 12.3. The molecule has 2 aromatic carbocycles. The fourth-order valence-electron chi connectivity index (χ4n) is 2.33. The maximum absolute atomic E-state index is 12.3. The third-order valence-electron chi connectivity index (χ3n) is 4.18. The van der Waals surface area contributed by atoms with Crippen LogP contribution in [0.15, 0.2) is 71.7 Å². The monoisotopic (exact) mass is 372 g/mol. The second kappa shape index (κ2) is 7.57. The van der Waals surface area contributed by atoms with Crippen molar-refractivity contribution in [2.75, 3.05) is 0 Å². The molecule has 0 saturated carbocycles. The summed E-state index contributed by atoms with van der Waals surface area (Å²) in [5.41, 5.74) is 7.23. The lowest BCUT2D eigenvalue weighted by molar-refractivity contribution is 0.0894. The Hall–Kier alpha value is -1.91. The lowest BCUT2D eigenvalue weighted by Crippen LogP contribution is -2.53. The SMILES string of the molecule is C=C[C@H](C)[C@](C)(NNC(=O)c1ccccc1)c1ccc(Br)cc1. The topological polar surface area (TPSA) is 41.1 Å². The molecule has 0 fully saturated rings. The molecule has 0 aliphatic heterocycles. The molecule has 0 aliphatic rings. The third kappa shape index (κ3) is 4.09. The Labute approximate surface area is 145 Å². The van der Waals surface area contributed by atoms with E-state index in [-0.39, 0.29) is 11.8 Å². The van der Waals surface area contributed by atoms with E-state index in [1.54, 1.807) is 12.1 Å². The first-order chi connectivity index (χ1) is 11.0. The molecule has 0 heterocycles. The van der Waals surface area contributed by atoms with E-state index in [4.69, 9.17) is 0 Å². The Balaban J connectivity index is 2.20. The van der Waals surface area contributed by atoms with E-state index in [0.717, 1.165) is 10.0 Å². The fourth-order valence-corrected chi connectivity index (χ4v) is 2.59. The zero-order chi connectivity index (χ0) is 16.9. The van der Waals surface area contributed by atoms with Gasteiger partial charge in [0.05, 0.1) is 5.54 Å². The molecular weight excluding hydrogens is 352 g/mol. The molecule has 0 unspecified atom stereocenters. The van der Waals surface area contributed by atoms with Crippen LogP contribution in [0.3, 0.4) is 0 Å². The van der Waals surface area contributed by atoms with Gasteiger partial charge in [0.15, 0.2) is 0 Å². The van der Waals surface area contributed by atoms with Crippen molar-refractivity contribution in [3.63, 3.8) is 0 Å². The fraction of sp³-hybridized carbons (Fsp3) is 0.211. The maximum atomic E-state index is 12.3. The van der Waals surface area contributed by atoms with Crippen LogP contribution in [-0.2, 0) is 5.54 Å². The van der Waals surface area contributed by atoms with Crippen LogP contribution in [0, 0.1) is 5.92 Å². The molecule has 2 rings (SSSR count). The largest absolute Gasteiger partial charge is 0.287 e. The number of halogens is 1. The van der Waals surface area contributed by atoms with Gasteiger partial charge in [0, 0.05) is 10.0 Å². The predicted octanol–water partition coefficient (Wildman–Crippen LogP) is 4.42. The summed E-state index contributed by atoms with van der Waals surface area (Å²) in [5.74, 6) is -0.0510. The van der Waals surface area contributed by atoms with Crippen LogP contribution >= 0.6 is 15.9 Å². The molecule has 2 N–H and O–H groups in total. The minimum Gasteiger partial charge on any atom is -0.287 e. The average molecular weight is 373 g/mol. The maximum Gasteiger partial charge on any atom is 0.265 e. The highest BCUT2D eigenvalue weighted by Gasteiger charge is 2.31. The summed E-state index contributed by atoms with van der Waals surface area (Å²) >= 11 is 3.45. The number of nitrogens with one attached hydrogen (secondary N) is 2. The first-order valence-electron chi connectivity index (χ1n) is 7.48. The molecule has 3 nitrogen and oxygen atoms in total. The van der Waals surface area contributed by atoms with Gasteiger partial charge in [-0.3, -0.25) is 10.2 Å².